The molecule has 5 heteroatoms. The van der Waals surface area contributed by atoms with Crippen molar-refractivity contribution in [2.75, 3.05) is 6.73 Å². The molecular weight excluding hydrogens is 109 g/mol. The summed E-state index contributed by atoms with van der Waals surface area (Å²) in [4.78, 5) is 9.72. The van der Waals surface area contributed by atoms with Crippen molar-refractivity contribution in [3.63, 3.8) is 0 Å². The third kappa shape index (κ3) is 5.45. The summed E-state index contributed by atoms with van der Waals surface area (Å²) in [6.45, 7) is 0.0350. The van der Waals surface area contributed by atoms with Gasteiger partial charge in [-0.05, 0) is 0 Å². The molecule has 1 radical (unpaired) electrons. The van der Waals surface area contributed by atoms with E-state index >= 15 is 0 Å². The molecule has 0 unspecified atom stereocenters. The SMILES string of the molecule is NCO[B]CC(=O)O. The summed E-state index contributed by atoms with van der Waals surface area (Å²) >= 11 is 0. The van der Waals surface area contributed by atoms with E-state index in [1.807, 2.05) is 0 Å². The van der Waals surface area contributed by atoms with Gasteiger partial charge in [0.25, 0.3) is 5.97 Å². The molecule has 0 aromatic heterocycles. The Morgan fingerprint density at radius 3 is 2.88 bits per heavy atom. The van der Waals surface area contributed by atoms with Gasteiger partial charge < -0.3 is 15.5 Å². The van der Waals surface area contributed by atoms with E-state index in [9.17, 15) is 4.79 Å². The van der Waals surface area contributed by atoms with Crippen LogP contribution in [0.25, 0.3) is 0 Å². The van der Waals surface area contributed by atoms with Crippen LogP contribution in [0, 0.1) is 0 Å². The normalized spacial score (nSPS) is 8.62. The molecule has 4 nitrogen and oxygen atoms in total. The zero-order valence-corrected chi connectivity index (χ0v) is 4.33. The predicted molar refractivity (Wildman–Crippen MR) is 28.3 cm³/mol. The Kier molecular flexibility index (Phi) is 4.30. The number of carboxylic acid groups (broad SMARTS) is 1. The van der Waals surface area contributed by atoms with Crippen molar-refractivity contribution < 1.29 is 14.6 Å². The molecule has 0 aliphatic carbocycles. The number of hydrogen-bond acceptors (Lipinski definition) is 3. The van der Waals surface area contributed by atoms with Crippen molar-refractivity contribution in [3.8, 4) is 0 Å². The van der Waals surface area contributed by atoms with Crippen molar-refractivity contribution in [1.29, 1.82) is 0 Å². The van der Waals surface area contributed by atoms with E-state index < -0.39 is 5.97 Å². The maximum Gasteiger partial charge on any atom is 0.305 e. The Morgan fingerprint density at radius 2 is 2.50 bits per heavy atom. The van der Waals surface area contributed by atoms with Gasteiger partial charge in [0.1, 0.15) is 0 Å². The van der Waals surface area contributed by atoms with Gasteiger partial charge in [0.15, 0.2) is 0 Å². The molecule has 0 saturated heterocycles. The molecule has 0 bridgehead atoms. The fraction of sp³-hybridized carbons (Fsp3) is 0.667. The first kappa shape index (κ1) is 7.45. The Labute approximate surface area is 47.9 Å². The molecule has 0 rings (SSSR count). The highest BCUT2D eigenvalue weighted by atomic mass is 16.4. The molecule has 3 N–H and O–H groups in total. The van der Waals surface area contributed by atoms with Crippen LogP contribution in [0.5, 0.6) is 0 Å². The van der Waals surface area contributed by atoms with Gasteiger partial charge in [-0.1, -0.05) is 0 Å². The Bertz CT molecular complexity index is 76.9. The number of hydrogen-bond donors (Lipinski definition) is 2. The van der Waals surface area contributed by atoms with Crippen LogP contribution < -0.4 is 5.73 Å². The zero-order valence-electron chi connectivity index (χ0n) is 4.33. The minimum absolute atomic E-state index is 0.0350. The summed E-state index contributed by atoms with van der Waals surface area (Å²) in [5, 5.41) is 7.99. The quantitative estimate of drug-likeness (QED) is 0.282. The smallest absolute Gasteiger partial charge is 0.305 e. The van der Waals surface area contributed by atoms with E-state index in [2.05, 4.69) is 4.65 Å². The summed E-state index contributed by atoms with van der Waals surface area (Å²) in [6, 6.07) is 0. The minimum atomic E-state index is -0.918. The van der Waals surface area contributed by atoms with E-state index in [1.54, 1.807) is 0 Å². The number of aliphatic carboxylic acids is 1. The van der Waals surface area contributed by atoms with Crippen LogP contribution in [0.3, 0.4) is 0 Å². The van der Waals surface area contributed by atoms with Crippen LogP contribution in [0.15, 0.2) is 0 Å². The molecule has 0 fully saturated rings. The van der Waals surface area contributed by atoms with Crippen molar-refractivity contribution in [2.24, 2.45) is 5.73 Å². The standard InChI is InChI=1S/C3H7BNO3/c5-2-8-4-1-3(6)7/h1-2,5H2,(H,6,7). The van der Waals surface area contributed by atoms with Gasteiger partial charge >= 0.3 is 7.48 Å². The van der Waals surface area contributed by atoms with E-state index in [1.165, 1.54) is 0 Å². The molecule has 0 aromatic carbocycles. The van der Waals surface area contributed by atoms with Gasteiger partial charge in [-0.25, -0.2) is 0 Å². The highest BCUT2D eigenvalue weighted by molar-refractivity contribution is 6.33. The maximum absolute atomic E-state index is 9.72. The third-order valence-electron chi connectivity index (χ3n) is 0.472. The summed E-state index contributed by atoms with van der Waals surface area (Å²) in [5.74, 6) is -0.918. The van der Waals surface area contributed by atoms with Crippen LogP contribution >= 0.6 is 0 Å². The van der Waals surface area contributed by atoms with Crippen molar-refractivity contribution in [3.05, 3.63) is 0 Å². The Balaban J connectivity index is 2.82. The predicted octanol–water partition coefficient (Wildman–Crippen LogP) is -0.959. The summed E-state index contributed by atoms with van der Waals surface area (Å²) in [6.07, 6.45) is -0.100. The Morgan fingerprint density at radius 1 is 1.88 bits per heavy atom. The molecule has 0 saturated carbocycles. The van der Waals surface area contributed by atoms with E-state index in [-0.39, 0.29) is 13.1 Å². The summed E-state index contributed by atoms with van der Waals surface area (Å²) in [5.41, 5.74) is 4.87. The van der Waals surface area contributed by atoms with Gasteiger partial charge in [0, 0.05) is 6.32 Å². The second-order valence-electron chi connectivity index (χ2n) is 1.10. The van der Waals surface area contributed by atoms with Crippen molar-refractivity contribution in [1.82, 2.24) is 0 Å². The summed E-state index contributed by atoms with van der Waals surface area (Å²) < 4.78 is 4.42. The highest BCUT2D eigenvalue weighted by Gasteiger charge is 1.96. The Hall–Kier alpha value is -0.545. The minimum Gasteiger partial charge on any atom is -0.482 e. The largest absolute Gasteiger partial charge is 0.482 e. The molecule has 0 spiro atoms. The average Bonchev–Trinajstić information content (AvgIpc) is 1.66. The lowest BCUT2D eigenvalue weighted by Crippen LogP contribution is -2.11. The van der Waals surface area contributed by atoms with Crippen molar-refractivity contribution in [2.45, 2.75) is 6.32 Å². The number of nitrogens with two attached hydrogens (primary N) is 1. The fourth-order valence-corrected chi connectivity index (χ4v) is 0.198. The average molecular weight is 116 g/mol. The first-order valence-corrected chi connectivity index (χ1v) is 2.12. The van der Waals surface area contributed by atoms with Gasteiger partial charge in [0.2, 0.25) is 0 Å². The van der Waals surface area contributed by atoms with E-state index in [0.29, 0.717) is 0 Å². The molecule has 0 aliphatic rings. The number of carbonyl (C=O) groups is 1. The molecule has 0 aliphatic heterocycles. The van der Waals surface area contributed by atoms with Gasteiger partial charge in [-0.15, -0.1) is 0 Å². The fourth-order valence-electron chi connectivity index (χ4n) is 0.198. The van der Waals surface area contributed by atoms with E-state index in [4.69, 9.17) is 10.8 Å². The van der Waals surface area contributed by atoms with Gasteiger partial charge in [0.05, 0.1) is 6.73 Å². The number of rotatable bonds is 4. The lowest BCUT2D eigenvalue weighted by molar-refractivity contribution is -0.134. The van der Waals surface area contributed by atoms with Crippen LogP contribution in [0.2, 0.25) is 6.32 Å². The highest BCUT2D eigenvalue weighted by Crippen LogP contribution is 1.76. The van der Waals surface area contributed by atoms with Gasteiger partial charge in [-0.3, -0.25) is 4.79 Å². The third-order valence-corrected chi connectivity index (χ3v) is 0.472. The zero-order chi connectivity index (χ0) is 6.41. The molecule has 0 aromatic rings. The summed E-state index contributed by atoms with van der Waals surface area (Å²) in [7, 11) is 1.16. The monoisotopic (exact) mass is 116 g/mol. The molecular formula is C3H7BNO3. The first-order chi connectivity index (χ1) is 3.77. The lowest BCUT2D eigenvalue weighted by Gasteiger charge is -1.91. The maximum atomic E-state index is 9.72. The topological polar surface area (TPSA) is 72.5 Å². The second kappa shape index (κ2) is 4.61. The lowest BCUT2D eigenvalue weighted by atomic mass is 9.96. The van der Waals surface area contributed by atoms with Crippen molar-refractivity contribution >= 4 is 13.5 Å². The van der Waals surface area contributed by atoms with Crippen LogP contribution in [-0.2, 0) is 9.45 Å². The molecule has 8 heavy (non-hydrogen) atoms. The van der Waals surface area contributed by atoms with Crippen LogP contribution in [0.1, 0.15) is 0 Å². The van der Waals surface area contributed by atoms with Crippen LogP contribution in [0.4, 0.5) is 0 Å². The number of carboxylic acids is 1. The molecule has 45 valence electrons. The molecule has 0 heterocycles. The van der Waals surface area contributed by atoms with Crippen LogP contribution in [-0.4, -0.2) is 25.3 Å². The second-order valence-corrected chi connectivity index (χ2v) is 1.10. The van der Waals surface area contributed by atoms with E-state index in [0.717, 1.165) is 7.48 Å². The van der Waals surface area contributed by atoms with Gasteiger partial charge in [-0.2, -0.15) is 0 Å². The molecule has 0 atom stereocenters. The first-order valence-electron chi connectivity index (χ1n) is 2.12. The molecule has 0 amide bonds.